The third-order valence-electron chi connectivity index (χ3n) is 5.35. The number of carbonyl (C=O) groups is 1. The molecule has 3 aromatic heterocycles. The van der Waals surface area contributed by atoms with Crippen molar-refractivity contribution in [3.63, 3.8) is 0 Å². The summed E-state index contributed by atoms with van der Waals surface area (Å²) in [7, 11) is 0. The van der Waals surface area contributed by atoms with E-state index in [9.17, 15) is 9.59 Å². The minimum absolute atomic E-state index is 0.0926. The number of carbonyl (C=O) groups excluding carboxylic acids is 1. The molecule has 0 bridgehead atoms. The maximum absolute atomic E-state index is 12.3. The largest absolute Gasteiger partial charge is 0.361 e. The highest BCUT2D eigenvalue weighted by molar-refractivity contribution is 7.18. The van der Waals surface area contributed by atoms with Crippen LogP contribution in [0.3, 0.4) is 0 Å². The van der Waals surface area contributed by atoms with Crippen LogP contribution in [0.1, 0.15) is 29.1 Å². The van der Waals surface area contributed by atoms with Crippen molar-refractivity contribution in [2.24, 2.45) is 0 Å². The summed E-state index contributed by atoms with van der Waals surface area (Å²) in [6.45, 7) is 6.24. The monoisotopic (exact) mass is 463 g/mol. The Kier molecular flexibility index (Phi) is 6.79. The fourth-order valence-corrected chi connectivity index (χ4v) is 4.59. The summed E-state index contributed by atoms with van der Waals surface area (Å²) < 4.78 is 6.51. The maximum atomic E-state index is 12.3. The summed E-state index contributed by atoms with van der Waals surface area (Å²) in [5.74, 6) is 0.645. The summed E-state index contributed by atoms with van der Waals surface area (Å²) in [6, 6.07) is 13.2. The van der Waals surface area contributed by atoms with E-state index in [2.05, 4.69) is 20.6 Å². The second kappa shape index (κ2) is 9.91. The zero-order valence-electron chi connectivity index (χ0n) is 18.8. The Morgan fingerprint density at radius 1 is 1.09 bits per heavy atom. The Balaban J connectivity index is 1.39. The third-order valence-corrected chi connectivity index (χ3v) is 6.57. The standard InChI is InChI=1S/C24H25N5O3S/c1-15-19(17(3)32-28-15)9-11-21(30)25-13-14-29-22(31)12-10-20(27-29)23-16(2)26-24(33-23)18-7-5-4-6-8-18/h4-8,10,12H,9,11,13-14H2,1-3H3,(H,25,30). The van der Waals surface area contributed by atoms with Crippen molar-refractivity contribution in [1.82, 2.24) is 25.2 Å². The Bertz CT molecular complexity index is 1300. The zero-order chi connectivity index (χ0) is 23.4. The Morgan fingerprint density at radius 3 is 2.61 bits per heavy atom. The first-order valence-corrected chi connectivity index (χ1v) is 11.5. The summed E-state index contributed by atoms with van der Waals surface area (Å²) in [4.78, 5) is 30.1. The highest BCUT2D eigenvalue weighted by atomic mass is 32.1. The van der Waals surface area contributed by atoms with Gasteiger partial charge >= 0.3 is 0 Å². The number of amides is 1. The predicted molar refractivity (Wildman–Crippen MR) is 127 cm³/mol. The molecule has 4 rings (SSSR count). The number of nitrogens with one attached hydrogen (secondary N) is 1. The van der Waals surface area contributed by atoms with Gasteiger partial charge in [0.25, 0.3) is 5.56 Å². The molecule has 8 nitrogen and oxygen atoms in total. The van der Waals surface area contributed by atoms with Gasteiger partial charge in [-0.3, -0.25) is 9.59 Å². The fourth-order valence-electron chi connectivity index (χ4n) is 3.56. The van der Waals surface area contributed by atoms with Crippen LogP contribution >= 0.6 is 11.3 Å². The van der Waals surface area contributed by atoms with Gasteiger partial charge in [-0.25, -0.2) is 9.67 Å². The van der Waals surface area contributed by atoms with E-state index in [1.807, 2.05) is 51.1 Å². The average Bonchev–Trinajstić information content (AvgIpc) is 3.36. The molecular formula is C24H25N5O3S. The van der Waals surface area contributed by atoms with Gasteiger partial charge in [-0.1, -0.05) is 35.5 Å². The number of rotatable bonds is 8. The Morgan fingerprint density at radius 2 is 1.88 bits per heavy atom. The van der Waals surface area contributed by atoms with Crippen molar-refractivity contribution in [3.8, 4) is 21.1 Å². The number of hydrogen-bond acceptors (Lipinski definition) is 7. The topological polar surface area (TPSA) is 103 Å². The second-order valence-electron chi connectivity index (χ2n) is 7.73. The van der Waals surface area contributed by atoms with Gasteiger partial charge in [0.05, 0.1) is 22.8 Å². The highest BCUT2D eigenvalue weighted by Gasteiger charge is 2.14. The van der Waals surface area contributed by atoms with Crippen LogP contribution in [-0.2, 0) is 17.8 Å². The van der Waals surface area contributed by atoms with Crippen LogP contribution in [0.25, 0.3) is 21.1 Å². The van der Waals surface area contributed by atoms with Crippen LogP contribution in [0.15, 0.2) is 51.8 Å². The van der Waals surface area contributed by atoms with Gasteiger partial charge in [0.1, 0.15) is 16.5 Å². The summed E-state index contributed by atoms with van der Waals surface area (Å²) in [5.41, 5.74) is 4.16. The Labute approximate surface area is 195 Å². The molecule has 1 aromatic carbocycles. The molecule has 0 unspecified atom stereocenters. The van der Waals surface area contributed by atoms with E-state index in [0.717, 1.165) is 38.2 Å². The first kappa shape index (κ1) is 22.6. The number of benzene rings is 1. The number of hydrogen-bond donors (Lipinski definition) is 1. The van der Waals surface area contributed by atoms with Gasteiger partial charge in [0, 0.05) is 30.2 Å². The molecule has 33 heavy (non-hydrogen) atoms. The Hall–Kier alpha value is -3.59. The van der Waals surface area contributed by atoms with Gasteiger partial charge < -0.3 is 9.84 Å². The quantitative estimate of drug-likeness (QED) is 0.427. The van der Waals surface area contributed by atoms with E-state index >= 15 is 0 Å². The average molecular weight is 464 g/mol. The predicted octanol–water partition coefficient (Wildman–Crippen LogP) is 3.70. The smallest absolute Gasteiger partial charge is 0.266 e. The molecule has 0 aliphatic carbocycles. The molecule has 9 heteroatoms. The van der Waals surface area contributed by atoms with Gasteiger partial charge in [-0.15, -0.1) is 11.3 Å². The lowest BCUT2D eigenvalue weighted by molar-refractivity contribution is -0.121. The molecule has 3 heterocycles. The van der Waals surface area contributed by atoms with Crippen molar-refractivity contribution >= 4 is 17.2 Å². The van der Waals surface area contributed by atoms with E-state index in [0.29, 0.717) is 25.1 Å². The van der Waals surface area contributed by atoms with E-state index in [-0.39, 0.29) is 18.0 Å². The molecule has 1 amide bonds. The van der Waals surface area contributed by atoms with E-state index < -0.39 is 0 Å². The van der Waals surface area contributed by atoms with Gasteiger partial charge in [-0.2, -0.15) is 5.10 Å². The second-order valence-corrected chi connectivity index (χ2v) is 8.73. The van der Waals surface area contributed by atoms with Crippen molar-refractivity contribution in [3.05, 3.63) is 75.5 Å². The van der Waals surface area contributed by atoms with Crippen LogP contribution in [0, 0.1) is 20.8 Å². The molecule has 1 N–H and O–H groups in total. The summed E-state index contributed by atoms with van der Waals surface area (Å²) in [6.07, 6.45) is 0.892. The minimum Gasteiger partial charge on any atom is -0.361 e. The van der Waals surface area contributed by atoms with E-state index in [1.165, 1.54) is 10.7 Å². The molecule has 4 aromatic rings. The minimum atomic E-state index is -0.214. The van der Waals surface area contributed by atoms with Crippen LogP contribution in [-0.4, -0.2) is 32.4 Å². The molecule has 0 aliphatic rings. The van der Waals surface area contributed by atoms with Crippen LogP contribution in [0.5, 0.6) is 0 Å². The molecule has 0 atom stereocenters. The summed E-state index contributed by atoms with van der Waals surface area (Å²) >= 11 is 1.54. The first-order valence-electron chi connectivity index (χ1n) is 10.7. The van der Waals surface area contributed by atoms with Crippen molar-refractivity contribution in [2.45, 2.75) is 40.2 Å². The van der Waals surface area contributed by atoms with Crippen LogP contribution in [0.2, 0.25) is 0 Å². The highest BCUT2D eigenvalue weighted by Crippen LogP contribution is 2.33. The number of nitrogens with zero attached hydrogens (tertiary/aromatic N) is 4. The SMILES string of the molecule is Cc1nc(-c2ccccc2)sc1-c1ccc(=O)n(CCNC(=O)CCc2c(C)noc2C)n1. The van der Waals surface area contributed by atoms with E-state index in [1.54, 1.807) is 17.4 Å². The number of thiazole rings is 1. The maximum Gasteiger partial charge on any atom is 0.266 e. The van der Waals surface area contributed by atoms with Crippen LogP contribution < -0.4 is 10.9 Å². The normalized spacial score (nSPS) is 11.0. The summed E-state index contributed by atoms with van der Waals surface area (Å²) in [5, 5.41) is 12.2. The first-order chi connectivity index (χ1) is 15.9. The molecule has 0 fully saturated rings. The van der Waals surface area contributed by atoms with Crippen molar-refractivity contribution in [2.75, 3.05) is 6.54 Å². The lowest BCUT2D eigenvalue weighted by Gasteiger charge is -2.08. The molecular weight excluding hydrogens is 438 g/mol. The lowest BCUT2D eigenvalue weighted by atomic mass is 10.1. The van der Waals surface area contributed by atoms with Gasteiger partial charge in [-0.05, 0) is 33.3 Å². The van der Waals surface area contributed by atoms with E-state index in [4.69, 9.17) is 4.52 Å². The molecule has 0 spiro atoms. The molecule has 0 aliphatic heterocycles. The third kappa shape index (κ3) is 5.25. The molecule has 0 radical (unpaired) electrons. The number of aromatic nitrogens is 4. The molecule has 0 saturated heterocycles. The van der Waals surface area contributed by atoms with Gasteiger partial charge in [0.15, 0.2) is 0 Å². The lowest BCUT2D eigenvalue weighted by Crippen LogP contribution is -2.32. The van der Waals surface area contributed by atoms with Crippen molar-refractivity contribution < 1.29 is 9.32 Å². The fraction of sp³-hybridized carbons (Fsp3) is 0.292. The van der Waals surface area contributed by atoms with Crippen LogP contribution in [0.4, 0.5) is 0 Å². The van der Waals surface area contributed by atoms with Crippen molar-refractivity contribution in [1.29, 1.82) is 0 Å². The van der Waals surface area contributed by atoms with Gasteiger partial charge in [0.2, 0.25) is 5.91 Å². The molecule has 0 saturated carbocycles. The zero-order valence-corrected chi connectivity index (χ0v) is 19.6. The molecule has 170 valence electrons. The number of aryl methyl sites for hydroxylation is 3.